The maximum Gasteiger partial charge on any atom is 0.326 e. The van der Waals surface area contributed by atoms with Crippen LogP contribution in [0.25, 0.3) is 0 Å². The van der Waals surface area contributed by atoms with E-state index in [0.29, 0.717) is 32.2 Å². The first kappa shape index (κ1) is 38.7. The fourth-order valence-electron chi connectivity index (χ4n) is 4.02. The van der Waals surface area contributed by atoms with Gasteiger partial charge in [-0.3, -0.25) is 24.0 Å². The summed E-state index contributed by atoms with van der Waals surface area (Å²) in [6.45, 7) is 11.1. The molecule has 0 aromatic carbocycles. The summed E-state index contributed by atoms with van der Waals surface area (Å²) in [6, 6.07) is -5.48. The molecule has 0 rings (SSSR count). The second-order valence-electron chi connectivity index (χ2n) is 11.2. The molecular weight excluding hydrogens is 548 g/mol. The second kappa shape index (κ2) is 19.8. The van der Waals surface area contributed by atoms with E-state index in [-0.39, 0.29) is 24.7 Å². The van der Waals surface area contributed by atoms with Crippen molar-refractivity contribution in [3.63, 3.8) is 0 Å². The lowest BCUT2D eigenvalue weighted by Crippen LogP contribution is -2.60. The number of amides is 4. The monoisotopic (exact) mass is 600 g/mol. The van der Waals surface area contributed by atoms with Crippen LogP contribution in [0, 0.1) is 17.8 Å². The highest BCUT2D eigenvalue weighted by molar-refractivity contribution is 5.95. The van der Waals surface area contributed by atoms with Crippen LogP contribution in [0.15, 0.2) is 0 Å². The number of carboxylic acids is 2. The van der Waals surface area contributed by atoms with Crippen LogP contribution in [0.5, 0.6) is 0 Å². The van der Waals surface area contributed by atoms with Gasteiger partial charge >= 0.3 is 11.9 Å². The lowest BCUT2D eigenvalue weighted by molar-refractivity contribution is -0.143. The number of unbranched alkanes of at least 4 members (excludes halogenated alkanes) is 1. The van der Waals surface area contributed by atoms with Gasteiger partial charge in [0, 0.05) is 6.42 Å². The zero-order chi connectivity index (χ0) is 32.6. The first-order valence-corrected chi connectivity index (χ1v) is 14.7. The Balaban J connectivity index is 5.98. The molecule has 14 nitrogen and oxygen atoms in total. The number of rotatable bonds is 21. The fourth-order valence-corrected chi connectivity index (χ4v) is 4.02. The van der Waals surface area contributed by atoms with Gasteiger partial charge in [-0.2, -0.15) is 0 Å². The van der Waals surface area contributed by atoms with Gasteiger partial charge in [-0.05, 0) is 50.0 Å². The Morgan fingerprint density at radius 3 is 1.55 bits per heavy atom. The Morgan fingerprint density at radius 2 is 1.14 bits per heavy atom. The van der Waals surface area contributed by atoms with Gasteiger partial charge in [-0.15, -0.1) is 0 Å². The van der Waals surface area contributed by atoms with E-state index in [2.05, 4.69) is 21.3 Å². The largest absolute Gasteiger partial charge is 0.481 e. The number of carbonyl (C=O) groups excluding carboxylic acids is 4. The van der Waals surface area contributed by atoms with E-state index < -0.39 is 78.1 Å². The van der Waals surface area contributed by atoms with Gasteiger partial charge in [0.05, 0.1) is 6.04 Å². The van der Waals surface area contributed by atoms with Crippen molar-refractivity contribution < 1.29 is 39.0 Å². The van der Waals surface area contributed by atoms with E-state index >= 15 is 0 Å². The predicted octanol–water partition coefficient (Wildman–Crippen LogP) is 0.0795. The zero-order valence-corrected chi connectivity index (χ0v) is 25.8. The van der Waals surface area contributed by atoms with Crippen LogP contribution >= 0.6 is 0 Å². The molecule has 0 aromatic heterocycles. The SMILES string of the molecule is CC[C@H](C)[C@H](NC(=O)[C@H](CCCCN)NC(=O)[C@@H](NC(=O)[C@@H](N)C(C)C)[C@@H](C)CC)C(=O)N[C@@H](CCC(=O)O)C(=O)O. The van der Waals surface area contributed by atoms with Crippen molar-refractivity contribution in [3.05, 3.63) is 0 Å². The molecule has 0 fully saturated rings. The molecule has 10 N–H and O–H groups in total. The quantitative estimate of drug-likeness (QED) is 0.0825. The number of hydrogen-bond donors (Lipinski definition) is 8. The van der Waals surface area contributed by atoms with Crippen LogP contribution in [0.2, 0.25) is 0 Å². The molecule has 0 aromatic rings. The Bertz CT molecular complexity index is 915. The third-order valence-corrected chi connectivity index (χ3v) is 7.45. The normalized spacial score (nSPS) is 16.2. The molecule has 0 spiro atoms. The van der Waals surface area contributed by atoms with Crippen molar-refractivity contribution in [3.8, 4) is 0 Å². The van der Waals surface area contributed by atoms with Crippen LogP contribution < -0.4 is 32.7 Å². The highest BCUT2D eigenvalue weighted by Gasteiger charge is 2.35. The highest BCUT2D eigenvalue weighted by atomic mass is 16.4. The van der Waals surface area contributed by atoms with E-state index in [0.717, 1.165) is 0 Å². The summed E-state index contributed by atoms with van der Waals surface area (Å²) in [7, 11) is 0. The number of nitrogens with one attached hydrogen (secondary N) is 4. The smallest absolute Gasteiger partial charge is 0.326 e. The third-order valence-electron chi connectivity index (χ3n) is 7.45. The lowest BCUT2D eigenvalue weighted by Gasteiger charge is -2.30. The summed E-state index contributed by atoms with van der Waals surface area (Å²) in [5.74, 6) is -5.98. The molecule has 242 valence electrons. The van der Waals surface area contributed by atoms with Gasteiger partial charge in [0.1, 0.15) is 24.2 Å². The minimum absolute atomic E-state index is 0.158. The van der Waals surface area contributed by atoms with E-state index in [1.54, 1.807) is 34.6 Å². The van der Waals surface area contributed by atoms with Crippen LogP contribution in [-0.4, -0.2) is 82.5 Å². The first-order chi connectivity index (χ1) is 19.6. The second-order valence-corrected chi connectivity index (χ2v) is 11.2. The van der Waals surface area contributed by atoms with Crippen LogP contribution in [0.3, 0.4) is 0 Å². The number of carbonyl (C=O) groups is 6. The zero-order valence-electron chi connectivity index (χ0n) is 25.8. The minimum atomic E-state index is -1.46. The Hall–Kier alpha value is -3.26. The topological polar surface area (TPSA) is 243 Å². The van der Waals surface area contributed by atoms with E-state index in [1.807, 2.05) is 6.92 Å². The number of aliphatic carboxylic acids is 2. The Morgan fingerprint density at radius 1 is 0.667 bits per heavy atom. The molecule has 0 aliphatic heterocycles. The van der Waals surface area contributed by atoms with Crippen molar-refractivity contribution in [2.75, 3.05) is 6.54 Å². The van der Waals surface area contributed by atoms with Gasteiger partial charge in [0.25, 0.3) is 0 Å². The molecule has 0 heterocycles. The van der Waals surface area contributed by atoms with Crippen molar-refractivity contribution in [1.29, 1.82) is 0 Å². The lowest BCUT2D eigenvalue weighted by atomic mass is 9.95. The van der Waals surface area contributed by atoms with Gasteiger partial charge < -0.3 is 42.9 Å². The molecule has 14 heteroatoms. The minimum Gasteiger partial charge on any atom is -0.481 e. The average Bonchev–Trinajstić information content (AvgIpc) is 2.93. The molecule has 0 saturated heterocycles. The summed E-state index contributed by atoms with van der Waals surface area (Å²) in [5, 5.41) is 28.8. The predicted molar refractivity (Wildman–Crippen MR) is 157 cm³/mol. The van der Waals surface area contributed by atoms with Crippen molar-refractivity contribution in [2.24, 2.45) is 29.2 Å². The van der Waals surface area contributed by atoms with E-state index in [1.165, 1.54) is 0 Å². The van der Waals surface area contributed by atoms with E-state index in [4.69, 9.17) is 16.6 Å². The highest BCUT2D eigenvalue weighted by Crippen LogP contribution is 2.13. The molecular formula is C28H52N6O8. The average molecular weight is 601 g/mol. The molecule has 7 atom stereocenters. The van der Waals surface area contributed by atoms with Gasteiger partial charge in [-0.1, -0.05) is 54.4 Å². The van der Waals surface area contributed by atoms with Crippen LogP contribution in [0.4, 0.5) is 0 Å². The fraction of sp³-hybridized carbons (Fsp3) is 0.786. The van der Waals surface area contributed by atoms with Crippen molar-refractivity contribution >= 4 is 35.6 Å². The number of carboxylic acid groups (broad SMARTS) is 2. The molecule has 0 aliphatic carbocycles. The molecule has 42 heavy (non-hydrogen) atoms. The van der Waals surface area contributed by atoms with Crippen molar-refractivity contribution in [1.82, 2.24) is 21.3 Å². The van der Waals surface area contributed by atoms with Gasteiger partial charge in [0.2, 0.25) is 23.6 Å². The maximum absolute atomic E-state index is 13.5. The molecule has 0 bridgehead atoms. The number of nitrogens with two attached hydrogens (primary N) is 2. The van der Waals surface area contributed by atoms with E-state index in [9.17, 15) is 33.9 Å². The van der Waals surface area contributed by atoms with Gasteiger partial charge in [0.15, 0.2) is 0 Å². The van der Waals surface area contributed by atoms with Crippen LogP contribution in [-0.2, 0) is 28.8 Å². The summed E-state index contributed by atoms with van der Waals surface area (Å²) in [5.41, 5.74) is 11.6. The van der Waals surface area contributed by atoms with Gasteiger partial charge in [-0.25, -0.2) is 4.79 Å². The molecule has 0 aliphatic rings. The maximum atomic E-state index is 13.5. The molecule has 0 unspecified atom stereocenters. The third kappa shape index (κ3) is 13.6. The standard InChI is InChI=1S/C28H52N6O8/c1-7-16(5)22(27(40)32-19(28(41)42)12-13-20(35)36)33-24(37)18(11-9-10-14-29)31-26(39)23(17(6)8-2)34-25(38)21(30)15(3)4/h15-19,21-23H,7-14,29-30H2,1-6H3,(H,31,39)(H,32,40)(H,33,37)(H,34,38)(H,35,36)(H,41,42)/t16-,17-,18-,19-,21-,22-,23-/m0/s1. The molecule has 4 amide bonds. The summed E-state index contributed by atoms with van der Waals surface area (Å²) in [4.78, 5) is 75.2. The first-order valence-electron chi connectivity index (χ1n) is 14.7. The summed E-state index contributed by atoms with van der Waals surface area (Å²) < 4.78 is 0. The van der Waals surface area contributed by atoms with Crippen molar-refractivity contribution in [2.45, 2.75) is 117 Å². The molecule has 0 radical (unpaired) electrons. The number of hydrogen-bond acceptors (Lipinski definition) is 8. The Kier molecular flexibility index (Phi) is 18.3. The summed E-state index contributed by atoms with van der Waals surface area (Å²) in [6.07, 6.45) is 1.47. The van der Waals surface area contributed by atoms with Crippen LogP contribution in [0.1, 0.15) is 86.5 Å². The molecule has 0 saturated carbocycles. The Labute approximate surface area is 248 Å². The summed E-state index contributed by atoms with van der Waals surface area (Å²) >= 11 is 0.